The molecule has 0 atom stereocenters. The topological polar surface area (TPSA) is 16.3 Å². The van der Waals surface area contributed by atoms with E-state index in [1.54, 1.807) is 0 Å². The Kier molecular flexibility index (Phi) is 19.3. The standard InChI is InChI=1S/C126H106N4/c1-121(2,3)89-45-63-99(64-46-89)127(100-65-47-90(48-66-100)122(4,5)6)97-59-39-85(40-60-97)86-41-61-98(62-42-86)128(101-71-53-93(54-72-101)125(113-35-23-19-31-105(113)106-32-20-24-36-114(106)125)95-57-77-119-111(81-95)109-79-87(83-27-15-13-16-28-83)43-75-117(109)129(119)103-67-49-91(50-68-103)123(7,8)9)102-73-55-94(56-74-102)126(115-37-25-21-33-107(115)108-34-22-26-38-116(108)126)96-58-78-120-112(82-96)110-80-88(84-29-17-14-18-30-84)44-76-118(110)130(120)104-69-51-92(52-70-104)124(10,11)12/h13-82H,1-12H3. The fraction of sp³-hybridized carbons (Fsp3) is 0.143. The van der Waals surface area contributed by atoms with Gasteiger partial charge in [0.2, 0.25) is 0 Å². The summed E-state index contributed by atoms with van der Waals surface area (Å²) in [5, 5.41) is 4.83. The Labute approximate surface area is 765 Å². The van der Waals surface area contributed by atoms with Crippen molar-refractivity contribution < 1.29 is 0 Å². The Balaban J connectivity index is 0.712. The number of aromatic nitrogens is 2. The molecule has 2 heterocycles. The lowest BCUT2D eigenvalue weighted by Crippen LogP contribution is -2.29. The van der Waals surface area contributed by atoms with Crippen molar-refractivity contribution in [3.8, 4) is 67.0 Å². The molecule has 0 saturated heterocycles. The Morgan fingerprint density at radius 3 is 0.685 bits per heavy atom. The molecule has 0 radical (unpaired) electrons. The summed E-state index contributed by atoms with van der Waals surface area (Å²) in [6.07, 6.45) is 0. The highest BCUT2D eigenvalue weighted by Crippen LogP contribution is 2.60. The van der Waals surface area contributed by atoms with Gasteiger partial charge in [-0.2, -0.15) is 0 Å². The van der Waals surface area contributed by atoms with Crippen LogP contribution in [-0.4, -0.2) is 9.13 Å². The summed E-state index contributed by atoms with van der Waals surface area (Å²) < 4.78 is 4.96. The predicted octanol–water partition coefficient (Wildman–Crippen LogP) is 33.7. The minimum absolute atomic E-state index is 0.0102. The van der Waals surface area contributed by atoms with Crippen molar-refractivity contribution in [2.24, 2.45) is 0 Å². The van der Waals surface area contributed by atoms with Crippen LogP contribution in [0.2, 0.25) is 0 Å². The Hall–Kier alpha value is -14.8. The average Bonchev–Trinajstić information content (AvgIpc) is 1.53. The molecule has 0 amide bonds. The summed E-state index contributed by atoms with van der Waals surface area (Å²) in [5.74, 6) is 0. The molecule has 2 aromatic heterocycles. The van der Waals surface area contributed by atoms with Crippen LogP contribution in [0.25, 0.3) is 111 Å². The predicted molar refractivity (Wildman–Crippen MR) is 550 cm³/mol. The largest absolute Gasteiger partial charge is 0.311 e. The monoisotopic (exact) mass is 1670 g/mol. The summed E-state index contributed by atoms with van der Waals surface area (Å²) >= 11 is 0. The number of hydrogen-bond donors (Lipinski definition) is 0. The van der Waals surface area contributed by atoms with E-state index in [-0.39, 0.29) is 21.7 Å². The fourth-order valence-corrected chi connectivity index (χ4v) is 21.4. The third-order valence-electron chi connectivity index (χ3n) is 28.2. The Morgan fingerprint density at radius 1 is 0.185 bits per heavy atom. The van der Waals surface area contributed by atoms with E-state index < -0.39 is 10.8 Å². The third kappa shape index (κ3) is 13.5. The molecule has 20 aromatic rings. The van der Waals surface area contributed by atoms with Gasteiger partial charge in [-0.25, -0.2) is 0 Å². The molecular formula is C126H106N4. The first-order valence-corrected chi connectivity index (χ1v) is 46.1. The van der Waals surface area contributed by atoms with Crippen LogP contribution in [0, 0.1) is 0 Å². The van der Waals surface area contributed by atoms with Gasteiger partial charge in [-0.05, 0) is 290 Å². The van der Waals surface area contributed by atoms with Crippen LogP contribution in [0.15, 0.2) is 425 Å². The van der Waals surface area contributed by atoms with E-state index in [1.807, 2.05) is 0 Å². The summed E-state index contributed by atoms with van der Waals surface area (Å²) in [4.78, 5) is 4.86. The molecule has 18 aromatic carbocycles. The van der Waals surface area contributed by atoms with E-state index in [0.29, 0.717) is 0 Å². The van der Waals surface area contributed by atoms with E-state index in [2.05, 4.69) is 527 Å². The lowest BCUT2D eigenvalue weighted by atomic mass is 9.67. The Morgan fingerprint density at radius 2 is 0.400 bits per heavy atom. The number of nitrogens with zero attached hydrogens (tertiary/aromatic N) is 4. The van der Waals surface area contributed by atoms with Gasteiger partial charge in [0.1, 0.15) is 0 Å². The maximum absolute atomic E-state index is 2.54. The molecule has 2 aliphatic carbocycles. The second-order valence-electron chi connectivity index (χ2n) is 40.1. The zero-order chi connectivity index (χ0) is 88.7. The number of fused-ring (bicyclic) bond motifs is 12. The number of benzene rings is 18. The maximum atomic E-state index is 2.54. The maximum Gasteiger partial charge on any atom is 0.0713 e. The van der Waals surface area contributed by atoms with E-state index in [4.69, 9.17) is 0 Å². The minimum atomic E-state index is -0.726. The van der Waals surface area contributed by atoms with E-state index in [1.165, 1.54) is 144 Å². The molecule has 0 fully saturated rings. The second-order valence-corrected chi connectivity index (χ2v) is 40.1. The summed E-state index contributed by atoms with van der Waals surface area (Å²) in [7, 11) is 0. The lowest BCUT2D eigenvalue weighted by Gasteiger charge is -2.35. The van der Waals surface area contributed by atoms with Crippen LogP contribution in [0.5, 0.6) is 0 Å². The van der Waals surface area contributed by atoms with Crippen LogP contribution in [0.1, 0.15) is 150 Å². The van der Waals surface area contributed by atoms with Crippen LogP contribution in [0.3, 0.4) is 0 Å². The third-order valence-corrected chi connectivity index (χ3v) is 28.2. The Bertz CT molecular complexity index is 7210. The molecule has 130 heavy (non-hydrogen) atoms. The second kappa shape index (κ2) is 31.0. The van der Waals surface area contributed by atoms with Gasteiger partial charge < -0.3 is 18.9 Å². The van der Waals surface area contributed by atoms with Crippen molar-refractivity contribution in [2.75, 3.05) is 9.80 Å². The van der Waals surface area contributed by atoms with Crippen molar-refractivity contribution in [1.29, 1.82) is 0 Å². The number of hydrogen-bond acceptors (Lipinski definition) is 2. The van der Waals surface area contributed by atoms with E-state index in [9.17, 15) is 0 Å². The molecular weight excluding hydrogens is 1570 g/mol. The molecule has 4 nitrogen and oxygen atoms in total. The molecule has 22 rings (SSSR count). The van der Waals surface area contributed by atoms with Gasteiger partial charge in [-0.1, -0.05) is 362 Å². The van der Waals surface area contributed by atoms with Crippen molar-refractivity contribution in [2.45, 2.75) is 116 Å². The van der Waals surface area contributed by atoms with Crippen LogP contribution in [-0.2, 0) is 32.5 Å². The van der Waals surface area contributed by atoms with Gasteiger partial charge in [0.15, 0.2) is 0 Å². The highest BCUT2D eigenvalue weighted by atomic mass is 15.1. The first kappa shape index (κ1) is 81.0. The zero-order valence-corrected chi connectivity index (χ0v) is 76.2. The minimum Gasteiger partial charge on any atom is -0.311 e. The molecule has 0 N–H and O–H groups in total. The molecule has 630 valence electrons. The SMILES string of the molecule is CC(C)(C)c1ccc(N(c2ccc(-c3ccc(N(c4ccc(C5(c6ccc7c(c6)c6cc(-c8ccccc8)ccc6n7-c6ccc(C(C)(C)C)cc6)c6ccccc6-c6ccccc65)cc4)c4ccc(C5(c6ccc7c(c6)c6cc(-c8ccccc8)ccc6n7-c6ccc(C(C)(C)C)cc6)c6ccccc6-c6ccccc65)cc4)cc3)cc2)c2ccc(C(C)(C)C)cc2)cc1. The van der Waals surface area contributed by atoms with E-state index in [0.717, 1.165) is 67.7 Å². The molecule has 0 saturated carbocycles. The first-order valence-electron chi connectivity index (χ1n) is 46.1. The zero-order valence-electron chi connectivity index (χ0n) is 76.2. The number of anilines is 6. The molecule has 0 spiro atoms. The van der Waals surface area contributed by atoms with Crippen molar-refractivity contribution in [1.82, 2.24) is 9.13 Å². The number of rotatable bonds is 15. The van der Waals surface area contributed by atoms with Gasteiger partial charge >= 0.3 is 0 Å². The first-order chi connectivity index (χ1) is 63.0. The van der Waals surface area contributed by atoms with Crippen molar-refractivity contribution >= 4 is 77.7 Å². The molecule has 2 aliphatic rings. The van der Waals surface area contributed by atoms with Crippen LogP contribution >= 0.6 is 0 Å². The van der Waals surface area contributed by atoms with Gasteiger partial charge in [0, 0.05) is 67.0 Å². The average molecular weight is 1680 g/mol. The highest BCUT2D eigenvalue weighted by Gasteiger charge is 2.48. The van der Waals surface area contributed by atoms with Crippen molar-refractivity contribution in [3.05, 3.63) is 491 Å². The van der Waals surface area contributed by atoms with Crippen LogP contribution < -0.4 is 9.80 Å². The van der Waals surface area contributed by atoms with Gasteiger partial charge in [0.05, 0.1) is 32.9 Å². The smallest absolute Gasteiger partial charge is 0.0713 e. The molecule has 0 bridgehead atoms. The lowest BCUT2D eigenvalue weighted by molar-refractivity contribution is 0.590. The quantitative estimate of drug-likeness (QED) is 0.102. The van der Waals surface area contributed by atoms with Gasteiger partial charge in [0.25, 0.3) is 0 Å². The van der Waals surface area contributed by atoms with E-state index >= 15 is 0 Å². The van der Waals surface area contributed by atoms with Crippen molar-refractivity contribution in [3.63, 3.8) is 0 Å². The van der Waals surface area contributed by atoms with Gasteiger partial charge in [-0.3, -0.25) is 0 Å². The highest BCUT2D eigenvalue weighted by molar-refractivity contribution is 6.13. The normalized spacial score (nSPS) is 13.4. The molecule has 0 aliphatic heterocycles. The fourth-order valence-electron chi connectivity index (χ4n) is 21.4. The molecule has 0 unspecified atom stereocenters. The summed E-state index contributed by atoms with van der Waals surface area (Å²) in [6, 6.07) is 162. The summed E-state index contributed by atoms with van der Waals surface area (Å²) in [5.41, 5.74) is 39.1. The summed E-state index contributed by atoms with van der Waals surface area (Å²) in [6.45, 7) is 27.5. The van der Waals surface area contributed by atoms with Crippen LogP contribution in [0.4, 0.5) is 34.1 Å². The molecule has 4 heteroatoms. The van der Waals surface area contributed by atoms with Gasteiger partial charge in [-0.15, -0.1) is 0 Å².